The summed E-state index contributed by atoms with van der Waals surface area (Å²) in [5.74, 6) is -2.45. The first-order valence-corrected chi connectivity index (χ1v) is 7.76. The number of nitrogens with zero attached hydrogens (tertiary/aromatic N) is 1. The Labute approximate surface area is 143 Å². The molecule has 0 fully saturated rings. The first kappa shape index (κ1) is 16.8. The van der Waals surface area contributed by atoms with Gasteiger partial charge >= 0.3 is 5.97 Å². The number of fused-ring (bicyclic) bond motifs is 1. The van der Waals surface area contributed by atoms with Crippen molar-refractivity contribution in [3.05, 3.63) is 65.4 Å². The van der Waals surface area contributed by atoms with Crippen molar-refractivity contribution in [2.24, 2.45) is 0 Å². The van der Waals surface area contributed by atoms with Gasteiger partial charge in [-0.25, -0.2) is 18.6 Å². The van der Waals surface area contributed by atoms with Gasteiger partial charge in [0.25, 0.3) is 0 Å². The van der Waals surface area contributed by atoms with Crippen molar-refractivity contribution in [1.29, 1.82) is 0 Å². The molecule has 0 atom stereocenters. The summed E-state index contributed by atoms with van der Waals surface area (Å²) in [6, 6.07) is 10.8. The molecular formula is C19H16F2N2O2. The molecule has 4 nitrogen and oxygen atoms in total. The molecular weight excluding hydrogens is 326 g/mol. The third kappa shape index (κ3) is 3.42. The van der Waals surface area contributed by atoms with E-state index in [1.165, 1.54) is 19.2 Å². The summed E-state index contributed by atoms with van der Waals surface area (Å²) in [4.78, 5) is 16.2. The van der Waals surface area contributed by atoms with Crippen LogP contribution in [-0.4, -0.2) is 18.1 Å². The van der Waals surface area contributed by atoms with Crippen LogP contribution in [0.25, 0.3) is 10.9 Å². The molecule has 0 bridgehead atoms. The number of benzene rings is 2. The molecule has 1 aromatic heterocycles. The number of pyridine rings is 1. The lowest BCUT2D eigenvalue weighted by atomic mass is 10.1. The van der Waals surface area contributed by atoms with E-state index in [2.05, 4.69) is 10.3 Å². The van der Waals surface area contributed by atoms with Crippen molar-refractivity contribution in [2.75, 3.05) is 12.4 Å². The number of halogens is 2. The summed E-state index contributed by atoms with van der Waals surface area (Å²) in [7, 11) is 1.27. The zero-order chi connectivity index (χ0) is 18.0. The number of carbonyl (C=O) groups is 1. The van der Waals surface area contributed by atoms with Crippen LogP contribution >= 0.6 is 0 Å². The van der Waals surface area contributed by atoms with Crippen LogP contribution in [0.5, 0.6) is 0 Å². The van der Waals surface area contributed by atoms with E-state index < -0.39 is 17.6 Å². The number of nitrogens with one attached hydrogen (secondary N) is 1. The van der Waals surface area contributed by atoms with Gasteiger partial charge in [-0.1, -0.05) is 13.0 Å². The maximum absolute atomic E-state index is 13.5. The Kier molecular flexibility index (Phi) is 4.61. The van der Waals surface area contributed by atoms with Gasteiger partial charge < -0.3 is 10.1 Å². The number of hydrogen-bond donors (Lipinski definition) is 1. The third-order valence-corrected chi connectivity index (χ3v) is 3.87. The van der Waals surface area contributed by atoms with E-state index in [0.717, 1.165) is 29.5 Å². The van der Waals surface area contributed by atoms with E-state index in [0.29, 0.717) is 16.9 Å². The van der Waals surface area contributed by atoms with E-state index in [4.69, 9.17) is 4.74 Å². The normalized spacial score (nSPS) is 10.7. The second-order valence-electron chi connectivity index (χ2n) is 5.51. The second-order valence-corrected chi connectivity index (χ2v) is 5.51. The standard InChI is InChI=1S/C19H16F2N2O2/c1-3-11-4-7-16-13(8-11)17(10-18(23-16)19(24)25-2)22-12-5-6-14(20)15(21)9-12/h4-10H,3H2,1-2H3,(H,22,23). The molecule has 0 unspecified atom stereocenters. The lowest BCUT2D eigenvalue weighted by Crippen LogP contribution is -2.06. The summed E-state index contributed by atoms with van der Waals surface area (Å²) in [5.41, 5.74) is 2.75. The molecule has 1 N–H and O–H groups in total. The highest BCUT2D eigenvalue weighted by atomic mass is 19.2. The average molecular weight is 342 g/mol. The van der Waals surface area contributed by atoms with Gasteiger partial charge in [-0.05, 0) is 42.3 Å². The fourth-order valence-electron chi connectivity index (χ4n) is 2.53. The largest absolute Gasteiger partial charge is 0.464 e. The van der Waals surface area contributed by atoms with E-state index in [9.17, 15) is 13.6 Å². The van der Waals surface area contributed by atoms with Crippen molar-refractivity contribution in [2.45, 2.75) is 13.3 Å². The first-order valence-electron chi connectivity index (χ1n) is 7.76. The lowest BCUT2D eigenvalue weighted by molar-refractivity contribution is 0.0594. The van der Waals surface area contributed by atoms with Crippen LogP contribution in [0.3, 0.4) is 0 Å². The molecule has 3 rings (SSSR count). The highest BCUT2D eigenvalue weighted by Crippen LogP contribution is 2.28. The second kappa shape index (κ2) is 6.84. The molecule has 6 heteroatoms. The van der Waals surface area contributed by atoms with Crippen LogP contribution in [0.2, 0.25) is 0 Å². The molecule has 3 aromatic rings. The Morgan fingerprint density at radius 2 is 1.92 bits per heavy atom. The van der Waals surface area contributed by atoms with Gasteiger partial charge in [0.05, 0.1) is 18.3 Å². The van der Waals surface area contributed by atoms with Gasteiger partial charge in [0.15, 0.2) is 17.3 Å². The van der Waals surface area contributed by atoms with Gasteiger partial charge in [-0.3, -0.25) is 0 Å². The van der Waals surface area contributed by atoms with Crippen molar-refractivity contribution < 1.29 is 18.3 Å². The number of carbonyl (C=O) groups excluding carboxylic acids is 1. The molecule has 128 valence electrons. The SMILES string of the molecule is CCc1ccc2nc(C(=O)OC)cc(Nc3ccc(F)c(F)c3)c2c1. The number of hydrogen-bond acceptors (Lipinski definition) is 4. The molecule has 25 heavy (non-hydrogen) atoms. The molecule has 1 heterocycles. The van der Waals surface area contributed by atoms with Crippen LogP contribution in [0.1, 0.15) is 23.0 Å². The Bertz CT molecular complexity index is 958. The van der Waals surface area contributed by atoms with Crippen LogP contribution in [0, 0.1) is 11.6 Å². The van der Waals surface area contributed by atoms with Gasteiger partial charge in [0.2, 0.25) is 0 Å². The highest BCUT2D eigenvalue weighted by molar-refractivity contribution is 5.99. The van der Waals surface area contributed by atoms with Crippen LogP contribution in [0.4, 0.5) is 20.2 Å². The first-order chi connectivity index (χ1) is 12.0. The van der Waals surface area contributed by atoms with Gasteiger partial charge in [0, 0.05) is 17.1 Å². The van der Waals surface area contributed by atoms with Crippen molar-refractivity contribution >= 4 is 28.2 Å². The molecule has 2 aromatic carbocycles. The summed E-state index contributed by atoms with van der Waals surface area (Å²) < 4.78 is 31.3. The Balaban J connectivity index is 2.14. The van der Waals surface area contributed by atoms with Crippen LogP contribution in [-0.2, 0) is 11.2 Å². The van der Waals surface area contributed by atoms with E-state index in [1.54, 1.807) is 0 Å². The molecule has 0 aliphatic carbocycles. The number of esters is 1. The number of aromatic nitrogens is 1. The maximum Gasteiger partial charge on any atom is 0.356 e. The fourth-order valence-corrected chi connectivity index (χ4v) is 2.53. The minimum Gasteiger partial charge on any atom is -0.464 e. The molecule has 0 saturated heterocycles. The molecule has 0 aliphatic rings. The molecule has 0 radical (unpaired) electrons. The minimum absolute atomic E-state index is 0.129. The monoisotopic (exact) mass is 342 g/mol. The van der Waals surface area contributed by atoms with Crippen LogP contribution < -0.4 is 5.32 Å². The van der Waals surface area contributed by atoms with Gasteiger partial charge in [0.1, 0.15) is 0 Å². The predicted molar refractivity (Wildman–Crippen MR) is 92.1 cm³/mol. The van der Waals surface area contributed by atoms with Gasteiger partial charge in [-0.2, -0.15) is 0 Å². The molecule has 0 saturated carbocycles. The molecule has 0 amide bonds. The number of rotatable bonds is 4. The quantitative estimate of drug-likeness (QED) is 0.704. The van der Waals surface area contributed by atoms with Crippen molar-refractivity contribution in [1.82, 2.24) is 4.98 Å². The lowest BCUT2D eigenvalue weighted by Gasteiger charge is -2.12. The van der Waals surface area contributed by atoms with E-state index in [1.807, 2.05) is 25.1 Å². The van der Waals surface area contributed by atoms with Crippen molar-refractivity contribution in [3.63, 3.8) is 0 Å². The Morgan fingerprint density at radius 1 is 1.12 bits per heavy atom. The zero-order valence-electron chi connectivity index (χ0n) is 13.8. The predicted octanol–water partition coefficient (Wildman–Crippen LogP) is 4.61. The zero-order valence-corrected chi connectivity index (χ0v) is 13.8. The van der Waals surface area contributed by atoms with E-state index in [-0.39, 0.29) is 5.69 Å². The van der Waals surface area contributed by atoms with E-state index >= 15 is 0 Å². The smallest absolute Gasteiger partial charge is 0.356 e. The van der Waals surface area contributed by atoms with Gasteiger partial charge in [-0.15, -0.1) is 0 Å². The maximum atomic E-state index is 13.5. The Hall–Kier alpha value is -3.02. The highest BCUT2D eigenvalue weighted by Gasteiger charge is 2.13. The summed E-state index contributed by atoms with van der Waals surface area (Å²) in [5, 5.41) is 3.81. The number of ether oxygens (including phenoxy) is 1. The third-order valence-electron chi connectivity index (χ3n) is 3.87. The Morgan fingerprint density at radius 3 is 2.60 bits per heavy atom. The number of anilines is 2. The summed E-state index contributed by atoms with van der Waals surface area (Å²) in [6.07, 6.45) is 0.833. The summed E-state index contributed by atoms with van der Waals surface area (Å²) in [6.45, 7) is 2.03. The number of aryl methyl sites for hydroxylation is 1. The topological polar surface area (TPSA) is 51.2 Å². The molecule has 0 aliphatic heterocycles. The molecule has 0 spiro atoms. The van der Waals surface area contributed by atoms with Crippen molar-refractivity contribution in [3.8, 4) is 0 Å². The van der Waals surface area contributed by atoms with Crippen LogP contribution in [0.15, 0.2) is 42.5 Å². The fraction of sp³-hybridized carbons (Fsp3) is 0.158. The number of methoxy groups -OCH3 is 1. The summed E-state index contributed by atoms with van der Waals surface area (Å²) >= 11 is 0. The minimum atomic E-state index is -0.953. The average Bonchev–Trinajstić information content (AvgIpc) is 2.63.